The van der Waals surface area contributed by atoms with Crippen LogP contribution in [0.4, 0.5) is 5.82 Å². The third kappa shape index (κ3) is 3.06. The van der Waals surface area contributed by atoms with Crippen LogP contribution in [0.25, 0.3) is 11.0 Å². The van der Waals surface area contributed by atoms with Gasteiger partial charge < -0.3 is 14.8 Å². The van der Waals surface area contributed by atoms with Crippen molar-refractivity contribution < 1.29 is 18.9 Å². The lowest BCUT2D eigenvalue weighted by Crippen LogP contribution is -2.23. The van der Waals surface area contributed by atoms with Crippen molar-refractivity contribution in [3.8, 4) is 11.5 Å². The SMILES string of the molecule is COc1cc(C2CC(=O)Nc3[nH]ncc32)ccc1OCc1cccc2nonc12. The topological polar surface area (TPSA) is 115 Å². The predicted molar refractivity (Wildman–Crippen MR) is 103 cm³/mol. The minimum atomic E-state index is -0.101. The lowest BCUT2D eigenvalue weighted by molar-refractivity contribution is -0.116. The molecule has 1 aliphatic rings. The van der Waals surface area contributed by atoms with Gasteiger partial charge in [0.15, 0.2) is 11.5 Å². The number of rotatable bonds is 5. The van der Waals surface area contributed by atoms with Crippen molar-refractivity contribution in [3.63, 3.8) is 0 Å². The number of fused-ring (bicyclic) bond motifs is 2. The molecule has 0 fully saturated rings. The first-order valence-electron chi connectivity index (χ1n) is 9.07. The molecule has 1 amide bonds. The zero-order valence-electron chi connectivity index (χ0n) is 15.5. The van der Waals surface area contributed by atoms with Crippen molar-refractivity contribution in [1.29, 1.82) is 0 Å². The van der Waals surface area contributed by atoms with Gasteiger partial charge in [-0.25, -0.2) is 4.63 Å². The van der Waals surface area contributed by atoms with E-state index < -0.39 is 0 Å². The number of nitrogens with one attached hydrogen (secondary N) is 2. The number of carbonyl (C=O) groups is 1. The highest BCUT2D eigenvalue weighted by Crippen LogP contribution is 2.39. The Bertz CT molecular complexity index is 1200. The lowest BCUT2D eigenvalue weighted by Gasteiger charge is -2.23. The van der Waals surface area contributed by atoms with E-state index in [1.807, 2.05) is 36.4 Å². The molecule has 9 nitrogen and oxygen atoms in total. The van der Waals surface area contributed by atoms with Crippen LogP contribution in [0, 0.1) is 0 Å². The van der Waals surface area contributed by atoms with Gasteiger partial charge in [-0.2, -0.15) is 5.10 Å². The van der Waals surface area contributed by atoms with E-state index >= 15 is 0 Å². The van der Waals surface area contributed by atoms with Crippen molar-refractivity contribution in [2.75, 3.05) is 12.4 Å². The van der Waals surface area contributed by atoms with Gasteiger partial charge in [0, 0.05) is 23.5 Å². The summed E-state index contributed by atoms with van der Waals surface area (Å²) in [5.74, 6) is 1.66. The average molecular weight is 391 g/mol. The monoisotopic (exact) mass is 391 g/mol. The minimum Gasteiger partial charge on any atom is -0.493 e. The first kappa shape index (κ1) is 17.2. The molecule has 1 aliphatic heterocycles. The molecule has 1 atom stereocenters. The van der Waals surface area contributed by atoms with Crippen LogP contribution in [0.15, 0.2) is 47.2 Å². The van der Waals surface area contributed by atoms with Crippen molar-refractivity contribution >= 4 is 22.8 Å². The highest BCUT2D eigenvalue weighted by Gasteiger charge is 2.28. The van der Waals surface area contributed by atoms with Gasteiger partial charge >= 0.3 is 0 Å². The normalized spacial score (nSPS) is 15.8. The molecule has 5 rings (SSSR count). The zero-order valence-corrected chi connectivity index (χ0v) is 15.5. The number of hydrogen-bond donors (Lipinski definition) is 2. The Hall–Kier alpha value is -3.88. The number of amides is 1. The van der Waals surface area contributed by atoms with Crippen LogP contribution in [0.5, 0.6) is 11.5 Å². The maximum Gasteiger partial charge on any atom is 0.226 e. The number of methoxy groups -OCH3 is 1. The summed E-state index contributed by atoms with van der Waals surface area (Å²) in [4.78, 5) is 12.0. The molecule has 0 saturated carbocycles. The maximum absolute atomic E-state index is 12.0. The van der Waals surface area contributed by atoms with E-state index in [4.69, 9.17) is 14.1 Å². The van der Waals surface area contributed by atoms with Gasteiger partial charge in [-0.05, 0) is 34.1 Å². The molecule has 0 spiro atoms. The summed E-state index contributed by atoms with van der Waals surface area (Å²) >= 11 is 0. The molecule has 146 valence electrons. The zero-order chi connectivity index (χ0) is 19.8. The van der Waals surface area contributed by atoms with Gasteiger partial charge in [0.25, 0.3) is 0 Å². The predicted octanol–water partition coefficient (Wildman–Crippen LogP) is 3.01. The van der Waals surface area contributed by atoms with Crippen LogP contribution in [0.3, 0.4) is 0 Å². The van der Waals surface area contributed by atoms with Crippen LogP contribution >= 0.6 is 0 Å². The van der Waals surface area contributed by atoms with E-state index in [0.29, 0.717) is 41.4 Å². The number of aromatic amines is 1. The largest absolute Gasteiger partial charge is 0.493 e. The van der Waals surface area contributed by atoms with Gasteiger partial charge in [-0.1, -0.05) is 18.2 Å². The van der Waals surface area contributed by atoms with Crippen molar-refractivity contribution in [2.24, 2.45) is 0 Å². The van der Waals surface area contributed by atoms with Crippen LogP contribution < -0.4 is 14.8 Å². The molecule has 0 radical (unpaired) electrons. The van der Waals surface area contributed by atoms with E-state index in [1.165, 1.54) is 0 Å². The molecule has 0 aliphatic carbocycles. The maximum atomic E-state index is 12.0. The van der Waals surface area contributed by atoms with E-state index in [-0.39, 0.29) is 11.8 Å². The quantitative estimate of drug-likeness (QED) is 0.537. The van der Waals surface area contributed by atoms with Gasteiger partial charge in [0.2, 0.25) is 5.91 Å². The molecule has 0 bridgehead atoms. The Balaban J connectivity index is 1.42. The van der Waals surface area contributed by atoms with E-state index in [0.717, 1.165) is 16.7 Å². The van der Waals surface area contributed by atoms with Crippen LogP contribution in [0.1, 0.15) is 29.0 Å². The minimum absolute atomic E-state index is 0.0552. The number of ether oxygens (including phenoxy) is 2. The second kappa shape index (κ2) is 6.93. The molecule has 4 aromatic rings. The highest BCUT2D eigenvalue weighted by atomic mass is 16.6. The van der Waals surface area contributed by atoms with Gasteiger partial charge in [0.05, 0.1) is 13.3 Å². The van der Waals surface area contributed by atoms with E-state index in [1.54, 1.807) is 13.3 Å². The van der Waals surface area contributed by atoms with Crippen molar-refractivity contribution in [3.05, 3.63) is 59.3 Å². The van der Waals surface area contributed by atoms with Crippen molar-refractivity contribution in [1.82, 2.24) is 20.5 Å². The summed E-state index contributed by atoms with van der Waals surface area (Å²) in [5, 5.41) is 17.4. The third-order valence-corrected chi connectivity index (χ3v) is 5.04. The molecule has 3 heterocycles. The van der Waals surface area contributed by atoms with E-state index in [9.17, 15) is 4.79 Å². The lowest BCUT2D eigenvalue weighted by atomic mass is 9.87. The summed E-state index contributed by atoms with van der Waals surface area (Å²) in [6.07, 6.45) is 2.08. The number of aromatic nitrogens is 4. The Labute approximate surface area is 165 Å². The molecule has 1 unspecified atom stereocenters. The first-order chi connectivity index (χ1) is 14.2. The summed E-state index contributed by atoms with van der Waals surface area (Å²) in [6, 6.07) is 11.3. The standard InChI is InChI=1S/C20H17N5O4/c1-27-17-7-11(13-8-18(26)22-20-14(13)9-21-23-20)5-6-16(17)28-10-12-3-2-4-15-19(12)25-29-24-15/h2-7,9,13H,8,10H2,1H3,(H2,21,22,23,26). The average Bonchev–Trinajstić information content (AvgIpc) is 3.40. The van der Waals surface area contributed by atoms with Crippen LogP contribution in [0.2, 0.25) is 0 Å². The number of carbonyl (C=O) groups excluding carboxylic acids is 1. The first-order valence-corrected chi connectivity index (χ1v) is 9.07. The molecule has 9 heteroatoms. The number of hydrogen-bond acceptors (Lipinski definition) is 7. The smallest absolute Gasteiger partial charge is 0.226 e. The Morgan fingerprint density at radius 1 is 1.21 bits per heavy atom. The summed E-state index contributed by atoms with van der Waals surface area (Å²) in [5.41, 5.74) is 4.12. The van der Waals surface area contributed by atoms with Gasteiger partial charge in [-0.3, -0.25) is 9.89 Å². The molecule has 2 N–H and O–H groups in total. The number of nitrogens with zero attached hydrogens (tertiary/aromatic N) is 3. The fraction of sp³-hybridized carbons (Fsp3) is 0.200. The van der Waals surface area contributed by atoms with Crippen molar-refractivity contribution in [2.45, 2.75) is 18.9 Å². The Kier molecular flexibility index (Phi) is 4.12. The number of benzene rings is 2. The number of H-pyrrole nitrogens is 1. The fourth-order valence-electron chi connectivity index (χ4n) is 3.60. The number of anilines is 1. The molecule has 0 saturated heterocycles. The fourth-order valence-corrected chi connectivity index (χ4v) is 3.60. The van der Waals surface area contributed by atoms with Gasteiger partial charge in [0.1, 0.15) is 23.5 Å². The Morgan fingerprint density at radius 2 is 2.14 bits per heavy atom. The summed E-state index contributed by atoms with van der Waals surface area (Å²) in [7, 11) is 1.59. The summed E-state index contributed by atoms with van der Waals surface area (Å²) < 4.78 is 16.3. The van der Waals surface area contributed by atoms with Crippen LogP contribution in [-0.4, -0.2) is 33.5 Å². The third-order valence-electron chi connectivity index (χ3n) is 5.04. The second-order valence-electron chi connectivity index (χ2n) is 6.75. The molecule has 2 aromatic heterocycles. The van der Waals surface area contributed by atoms with Crippen LogP contribution in [-0.2, 0) is 11.4 Å². The second-order valence-corrected chi connectivity index (χ2v) is 6.75. The molecular formula is C20H17N5O4. The molecular weight excluding hydrogens is 374 g/mol. The Morgan fingerprint density at radius 3 is 3.03 bits per heavy atom. The summed E-state index contributed by atoms with van der Waals surface area (Å²) in [6.45, 7) is 0.291. The van der Waals surface area contributed by atoms with E-state index in [2.05, 4.69) is 25.8 Å². The highest BCUT2D eigenvalue weighted by molar-refractivity contribution is 5.94. The molecule has 2 aromatic carbocycles. The molecule has 29 heavy (non-hydrogen) atoms. The van der Waals surface area contributed by atoms with Gasteiger partial charge in [-0.15, -0.1) is 0 Å².